The van der Waals surface area contributed by atoms with Gasteiger partial charge < -0.3 is 14.4 Å². The lowest BCUT2D eigenvalue weighted by Crippen LogP contribution is -2.48. The first-order chi connectivity index (χ1) is 12.9. The van der Waals surface area contributed by atoms with Gasteiger partial charge in [0.15, 0.2) is 0 Å². The summed E-state index contributed by atoms with van der Waals surface area (Å²) in [4.78, 5) is 47.7. The van der Waals surface area contributed by atoms with Crippen LogP contribution in [0.25, 0.3) is 10.2 Å². The first-order valence-electron chi connectivity index (χ1n) is 9.46. The van der Waals surface area contributed by atoms with Crippen LogP contribution in [0.5, 0.6) is 0 Å². The molecule has 2 aromatic rings. The Morgan fingerprint density at radius 2 is 2.07 bits per heavy atom. The van der Waals surface area contributed by atoms with Crippen LogP contribution >= 0.6 is 11.3 Å². The molecule has 0 radical (unpaired) electrons. The van der Waals surface area contributed by atoms with Crippen LogP contribution in [0.3, 0.4) is 0 Å². The van der Waals surface area contributed by atoms with Gasteiger partial charge in [-0.3, -0.25) is 14.4 Å². The lowest BCUT2D eigenvalue weighted by Gasteiger charge is -2.35. The van der Waals surface area contributed by atoms with Crippen molar-refractivity contribution in [3.8, 4) is 0 Å². The van der Waals surface area contributed by atoms with E-state index < -0.39 is 0 Å². The van der Waals surface area contributed by atoms with Crippen LogP contribution in [-0.4, -0.2) is 56.8 Å². The summed E-state index contributed by atoms with van der Waals surface area (Å²) in [5, 5.41) is 0.523. The average molecular weight is 388 g/mol. The molecule has 5 rings (SSSR count). The number of hydrogen-bond acceptors (Lipinski definition) is 5. The maximum Gasteiger partial charge on any atom is 0.264 e. The number of amides is 2. The van der Waals surface area contributed by atoms with Crippen molar-refractivity contribution in [2.24, 2.45) is 13.0 Å². The van der Waals surface area contributed by atoms with Crippen molar-refractivity contribution < 1.29 is 9.59 Å². The van der Waals surface area contributed by atoms with Crippen molar-refractivity contribution in [2.45, 2.75) is 39.2 Å². The van der Waals surface area contributed by atoms with Crippen molar-refractivity contribution in [1.82, 2.24) is 19.4 Å². The largest absolute Gasteiger partial charge is 0.338 e. The van der Waals surface area contributed by atoms with Gasteiger partial charge in [0.25, 0.3) is 11.5 Å². The molecule has 2 bridgehead atoms. The van der Waals surface area contributed by atoms with Crippen LogP contribution in [0, 0.1) is 12.8 Å². The molecule has 0 aromatic carbocycles. The molecule has 3 fully saturated rings. The SMILES string of the molecule is CCCN1C(=O)[C@@H]2CC[C@H]1CN(C(=O)c1sc3ncn(C)c(=O)c3c1C)C2. The number of aromatic nitrogens is 2. The first kappa shape index (κ1) is 18.2. The number of carbonyl (C=O) groups excluding carboxylic acids is 2. The summed E-state index contributed by atoms with van der Waals surface area (Å²) in [5.74, 6) is -0.00692. The van der Waals surface area contributed by atoms with Crippen LogP contribution in [0.4, 0.5) is 0 Å². The van der Waals surface area contributed by atoms with Gasteiger partial charge in [0.05, 0.1) is 22.5 Å². The number of rotatable bonds is 3. The van der Waals surface area contributed by atoms with Crippen LogP contribution < -0.4 is 5.56 Å². The molecule has 0 spiro atoms. The fourth-order valence-corrected chi connectivity index (χ4v) is 5.40. The summed E-state index contributed by atoms with van der Waals surface area (Å²) in [5.41, 5.74) is 0.565. The highest BCUT2D eigenvalue weighted by Crippen LogP contribution is 2.33. The van der Waals surface area contributed by atoms with Gasteiger partial charge in [-0.1, -0.05) is 6.92 Å². The smallest absolute Gasteiger partial charge is 0.264 e. The molecule has 2 amide bonds. The van der Waals surface area contributed by atoms with E-state index in [9.17, 15) is 14.4 Å². The summed E-state index contributed by atoms with van der Waals surface area (Å²) in [6.45, 7) is 5.68. The molecule has 0 unspecified atom stereocenters. The van der Waals surface area contributed by atoms with Crippen LogP contribution in [0.2, 0.25) is 0 Å². The van der Waals surface area contributed by atoms with Crippen molar-refractivity contribution in [3.05, 3.63) is 27.1 Å². The molecule has 5 heterocycles. The molecule has 3 aliphatic heterocycles. The van der Waals surface area contributed by atoms with Gasteiger partial charge in [-0.05, 0) is 31.7 Å². The number of fused-ring (bicyclic) bond motifs is 5. The van der Waals surface area contributed by atoms with Crippen LogP contribution in [0.1, 0.15) is 41.4 Å². The molecule has 3 saturated heterocycles. The van der Waals surface area contributed by atoms with E-state index in [4.69, 9.17) is 0 Å². The minimum Gasteiger partial charge on any atom is -0.338 e. The van der Waals surface area contributed by atoms with E-state index in [0.717, 1.165) is 25.8 Å². The van der Waals surface area contributed by atoms with Crippen molar-refractivity contribution in [2.75, 3.05) is 19.6 Å². The predicted octanol–water partition coefficient (Wildman–Crippen LogP) is 1.78. The second kappa shape index (κ2) is 6.74. The lowest BCUT2D eigenvalue weighted by atomic mass is 9.94. The minimum absolute atomic E-state index is 0.0828. The van der Waals surface area contributed by atoms with E-state index in [0.29, 0.717) is 33.7 Å². The maximum atomic E-state index is 13.3. The Morgan fingerprint density at radius 1 is 1.30 bits per heavy atom. The lowest BCUT2D eigenvalue weighted by molar-refractivity contribution is -0.139. The summed E-state index contributed by atoms with van der Waals surface area (Å²) in [7, 11) is 1.66. The summed E-state index contributed by atoms with van der Waals surface area (Å²) < 4.78 is 1.43. The van der Waals surface area contributed by atoms with Crippen LogP contribution in [0.15, 0.2) is 11.1 Å². The topological polar surface area (TPSA) is 75.5 Å². The molecule has 27 heavy (non-hydrogen) atoms. The van der Waals surface area contributed by atoms with E-state index in [1.54, 1.807) is 7.05 Å². The summed E-state index contributed by atoms with van der Waals surface area (Å²) >= 11 is 1.28. The second-order valence-corrected chi connectivity index (χ2v) is 8.57. The Kier molecular flexibility index (Phi) is 4.53. The normalized spacial score (nSPS) is 22.6. The zero-order valence-electron chi connectivity index (χ0n) is 15.9. The van der Waals surface area contributed by atoms with E-state index in [-0.39, 0.29) is 29.3 Å². The molecule has 7 nitrogen and oxygen atoms in total. The Hall–Kier alpha value is -2.22. The number of nitrogens with zero attached hydrogens (tertiary/aromatic N) is 4. The van der Waals surface area contributed by atoms with Gasteiger partial charge in [0, 0.05) is 32.7 Å². The molecular weight excluding hydrogens is 364 g/mol. The highest BCUT2D eigenvalue weighted by Gasteiger charge is 2.42. The van der Waals surface area contributed by atoms with Gasteiger partial charge in [0.2, 0.25) is 5.91 Å². The summed E-state index contributed by atoms with van der Waals surface area (Å²) in [6.07, 6.45) is 4.21. The molecule has 144 valence electrons. The van der Waals surface area contributed by atoms with Gasteiger partial charge in [-0.2, -0.15) is 0 Å². The highest BCUT2D eigenvalue weighted by atomic mass is 32.1. The zero-order chi connectivity index (χ0) is 19.3. The third-order valence-corrected chi connectivity index (χ3v) is 6.94. The molecule has 2 atom stereocenters. The van der Waals surface area contributed by atoms with Crippen molar-refractivity contribution in [3.63, 3.8) is 0 Å². The Morgan fingerprint density at radius 3 is 2.81 bits per heavy atom. The molecule has 8 heteroatoms. The predicted molar refractivity (Wildman–Crippen MR) is 104 cm³/mol. The Bertz CT molecular complexity index is 979. The van der Waals surface area contributed by atoms with E-state index in [1.807, 2.05) is 16.7 Å². The van der Waals surface area contributed by atoms with E-state index >= 15 is 0 Å². The zero-order valence-corrected chi connectivity index (χ0v) is 16.7. The molecular formula is C19H24N4O3S. The third kappa shape index (κ3) is 2.86. The number of aryl methyl sites for hydroxylation is 2. The maximum absolute atomic E-state index is 13.3. The second-order valence-electron chi connectivity index (χ2n) is 7.57. The molecule has 3 aliphatic rings. The number of hydrogen-bond donors (Lipinski definition) is 0. The fraction of sp³-hybridized carbons (Fsp3) is 0.579. The average Bonchev–Trinajstić information content (AvgIpc) is 2.80. The number of thiophene rings is 1. The third-order valence-electron chi connectivity index (χ3n) is 5.75. The molecule has 0 saturated carbocycles. The van der Waals surface area contributed by atoms with Crippen LogP contribution in [-0.2, 0) is 11.8 Å². The summed E-state index contributed by atoms with van der Waals surface area (Å²) in [6, 6.07) is 0.0980. The van der Waals surface area contributed by atoms with Gasteiger partial charge in [-0.25, -0.2) is 4.98 Å². The number of carbonyl (C=O) groups is 2. The molecule has 2 aromatic heterocycles. The van der Waals surface area contributed by atoms with E-state index in [2.05, 4.69) is 11.9 Å². The standard InChI is InChI=1S/C19H24N4O3S/c1-4-7-23-13-6-5-12(17(23)24)8-22(9-13)19(26)15-11(2)14-16(27-15)20-10-21(3)18(14)25/h10,12-13H,4-9H2,1-3H3/t12-,13+/m1/s1. The van der Waals surface area contributed by atoms with E-state index in [1.165, 1.54) is 22.2 Å². The Labute approximate surface area is 161 Å². The van der Waals surface area contributed by atoms with Gasteiger partial charge in [-0.15, -0.1) is 11.3 Å². The number of piperidine rings is 1. The van der Waals surface area contributed by atoms with Crippen molar-refractivity contribution >= 4 is 33.4 Å². The molecule has 0 aliphatic carbocycles. The Balaban J connectivity index is 1.69. The molecule has 0 N–H and O–H groups in total. The van der Waals surface area contributed by atoms with Gasteiger partial charge in [0.1, 0.15) is 4.83 Å². The highest BCUT2D eigenvalue weighted by molar-refractivity contribution is 7.20. The first-order valence-corrected chi connectivity index (χ1v) is 10.3. The van der Waals surface area contributed by atoms with Gasteiger partial charge >= 0.3 is 0 Å². The minimum atomic E-state index is -0.131. The quantitative estimate of drug-likeness (QED) is 0.803. The monoisotopic (exact) mass is 388 g/mol. The van der Waals surface area contributed by atoms with Crippen molar-refractivity contribution in [1.29, 1.82) is 0 Å². The fourth-order valence-electron chi connectivity index (χ4n) is 4.30.